The van der Waals surface area contributed by atoms with Crippen molar-refractivity contribution in [3.63, 3.8) is 0 Å². The van der Waals surface area contributed by atoms with E-state index in [1.165, 1.54) is 0 Å². The maximum atomic E-state index is 12.0. The highest BCUT2D eigenvalue weighted by atomic mass is 79.9. The fourth-order valence-electron chi connectivity index (χ4n) is 2.31. The second kappa shape index (κ2) is 7.27. The van der Waals surface area contributed by atoms with Crippen molar-refractivity contribution in [2.75, 3.05) is 20.2 Å². The molecule has 0 radical (unpaired) electrons. The lowest BCUT2D eigenvalue weighted by molar-refractivity contribution is -0.132. The van der Waals surface area contributed by atoms with Gasteiger partial charge in [0.1, 0.15) is 5.75 Å². The molecular formula is C16H23BrN2O2. The van der Waals surface area contributed by atoms with Crippen molar-refractivity contribution in [2.24, 2.45) is 0 Å². The molecule has 116 valence electrons. The number of benzene rings is 1. The van der Waals surface area contributed by atoms with E-state index in [-0.39, 0.29) is 18.6 Å². The van der Waals surface area contributed by atoms with Gasteiger partial charge in [0.05, 0.1) is 0 Å². The number of halogens is 1. The van der Waals surface area contributed by atoms with E-state index < -0.39 is 0 Å². The molecule has 1 amide bonds. The summed E-state index contributed by atoms with van der Waals surface area (Å²) in [6.07, 6.45) is 2.23. The summed E-state index contributed by atoms with van der Waals surface area (Å²) in [5.74, 6) is 0.812. The monoisotopic (exact) mass is 354 g/mol. The minimum absolute atomic E-state index is 0.0440. The molecule has 0 spiro atoms. The molecule has 0 bridgehead atoms. The van der Waals surface area contributed by atoms with Crippen molar-refractivity contribution in [1.82, 2.24) is 10.2 Å². The number of hydrogen-bond donors (Lipinski definition) is 1. The Hall–Kier alpha value is -1.07. The van der Waals surface area contributed by atoms with Crippen molar-refractivity contribution >= 4 is 21.8 Å². The largest absolute Gasteiger partial charge is 0.483 e. The van der Waals surface area contributed by atoms with E-state index in [2.05, 4.69) is 35.1 Å². The second-order valence-electron chi connectivity index (χ2n) is 5.49. The van der Waals surface area contributed by atoms with Crippen molar-refractivity contribution in [3.05, 3.63) is 28.2 Å². The molecule has 1 saturated carbocycles. The van der Waals surface area contributed by atoms with Gasteiger partial charge in [-0.05, 0) is 44.5 Å². The number of nitrogens with zero attached hydrogens (tertiary/aromatic N) is 1. The third-order valence-corrected chi connectivity index (χ3v) is 4.28. The van der Waals surface area contributed by atoms with E-state index in [9.17, 15) is 4.79 Å². The normalized spacial score (nSPS) is 15.6. The molecule has 4 nitrogen and oxygen atoms in total. The Balaban J connectivity index is 2.02. The minimum Gasteiger partial charge on any atom is -0.483 e. The lowest BCUT2D eigenvalue weighted by atomic mass is 10.1. The number of nitrogens with one attached hydrogen (secondary N) is 1. The lowest BCUT2D eigenvalue weighted by Crippen LogP contribution is -2.33. The summed E-state index contributed by atoms with van der Waals surface area (Å²) in [7, 11) is 1.85. The highest BCUT2D eigenvalue weighted by molar-refractivity contribution is 9.10. The van der Waals surface area contributed by atoms with Gasteiger partial charge in [0.2, 0.25) is 0 Å². The van der Waals surface area contributed by atoms with Crippen molar-refractivity contribution in [2.45, 2.75) is 38.8 Å². The van der Waals surface area contributed by atoms with Crippen LogP contribution in [0, 0.1) is 0 Å². The molecule has 0 aliphatic heterocycles. The fourth-order valence-corrected chi connectivity index (χ4v) is 2.69. The van der Waals surface area contributed by atoms with Gasteiger partial charge in [0, 0.05) is 29.2 Å². The van der Waals surface area contributed by atoms with E-state index in [4.69, 9.17) is 4.74 Å². The molecule has 1 aliphatic carbocycles. The zero-order valence-corrected chi connectivity index (χ0v) is 14.4. The molecule has 0 saturated heterocycles. The molecule has 1 N–H and O–H groups in total. The topological polar surface area (TPSA) is 41.6 Å². The number of carbonyl (C=O) groups is 1. The van der Waals surface area contributed by atoms with Crippen LogP contribution in [-0.2, 0) is 4.79 Å². The Bertz CT molecular complexity index is 503. The summed E-state index contributed by atoms with van der Waals surface area (Å²) in [6.45, 7) is 5.15. The van der Waals surface area contributed by atoms with Crippen LogP contribution in [0.15, 0.2) is 22.7 Å². The van der Waals surface area contributed by atoms with Crippen LogP contribution < -0.4 is 10.1 Å². The molecule has 2 rings (SSSR count). The van der Waals surface area contributed by atoms with E-state index in [1.54, 1.807) is 4.90 Å². The summed E-state index contributed by atoms with van der Waals surface area (Å²) in [5, 5.41) is 3.37. The van der Waals surface area contributed by atoms with E-state index in [1.807, 2.05) is 25.2 Å². The summed E-state index contributed by atoms with van der Waals surface area (Å²) in [4.78, 5) is 13.8. The highest BCUT2D eigenvalue weighted by Crippen LogP contribution is 2.29. The van der Waals surface area contributed by atoms with Crippen LogP contribution in [0.1, 0.15) is 38.3 Å². The molecule has 1 fully saturated rings. The average molecular weight is 355 g/mol. The number of hydrogen-bond acceptors (Lipinski definition) is 3. The summed E-state index contributed by atoms with van der Waals surface area (Å²) in [6, 6.07) is 6.49. The summed E-state index contributed by atoms with van der Waals surface area (Å²) < 4.78 is 6.78. The van der Waals surface area contributed by atoms with Gasteiger partial charge >= 0.3 is 0 Å². The van der Waals surface area contributed by atoms with Gasteiger partial charge in [-0.15, -0.1) is 0 Å². The number of amides is 1. The number of rotatable bonds is 7. The third kappa shape index (κ3) is 4.45. The molecule has 0 heterocycles. The van der Waals surface area contributed by atoms with Crippen molar-refractivity contribution < 1.29 is 9.53 Å². The highest BCUT2D eigenvalue weighted by Gasteiger charge is 2.29. The Kier molecular flexibility index (Phi) is 5.65. The maximum Gasteiger partial charge on any atom is 0.260 e. The lowest BCUT2D eigenvalue weighted by Gasteiger charge is -2.20. The fraction of sp³-hybridized carbons (Fsp3) is 0.562. The first-order valence-electron chi connectivity index (χ1n) is 7.44. The van der Waals surface area contributed by atoms with Crippen molar-refractivity contribution in [1.29, 1.82) is 0 Å². The first-order valence-corrected chi connectivity index (χ1v) is 8.23. The molecule has 5 heteroatoms. The van der Waals surface area contributed by atoms with E-state index >= 15 is 0 Å². The zero-order valence-electron chi connectivity index (χ0n) is 12.9. The van der Waals surface area contributed by atoms with Gasteiger partial charge in [-0.25, -0.2) is 0 Å². The molecule has 21 heavy (non-hydrogen) atoms. The predicted molar refractivity (Wildman–Crippen MR) is 87.5 cm³/mol. The molecule has 1 aromatic rings. The average Bonchev–Trinajstić information content (AvgIpc) is 3.29. The van der Waals surface area contributed by atoms with E-state index in [0.29, 0.717) is 6.04 Å². The van der Waals surface area contributed by atoms with Gasteiger partial charge in [0.15, 0.2) is 6.61 Å². The quantitative estimate of drug-likeness (QED) is 0.817. The van der Waals surface area contributed by atoms with Crippen LogP contribution in [0.25, 0.3) is 0 Å². The summed E-state index contributed by atoms with van der Waals surface area (Å²) in [5.41, 5.74) is 1.06. The van der Waals surface area contributed by atoms with Crippen LogP contribution in [0.3, 0.4) is 0 Å². The van der Waals surface area contributed by atoms with E-state index in [0.717, 1.165) is 35.2 Å². The predicted octanol–water partition coefficient (Wildman–Crippen LogP) is 3.12. The summed E-state index contributed by atoms with van der Waals surface area (Å²) >= 11 is 3.49. The standard InChI is InChI=1S/C16H23BrN2O2/c1-4-18-11(2)14-9-12(17)5-8-15(14)21-10-16(20)19(3)13-6-7-13/h5,8-9,11,13,18H,4,6-7,10H2,1-3H3. The molecule has 1 atom stereocenters. The number of carbonyl (C=O) groups excluding carboxylic acids is 1. The Labute approximate surface area is 135 Å². The van der Waals surface area contributed by atoms with Crippen LogP contribution in [0.4, 0.5) is 0 Å². The van der Waals surface area contributed by atoms with Gasteiger partial charge in [-0.3, -0.25) is 4.79 Å². The Morgan fingerprint density at radius 3 is 2.86 bits per heavy atom. The first-order chi connectivity index (χ1) is 10.0. The molecule has 1 aliphatic rings. The van der Waals surface area contributed by atoms with Gasteiger partial charge in [-0.1, -0.05) is 22.9 Å². The van der Waals surface area contributed by atoms with Gasteiger partial charge in [-0.2, -0.15) is 0 Å². The molecule has 0 aromatic heterocycles. The van der Waals surface area contributed by atoms with Gasteiger partial charge < -0.3 is 15.0 Å². The van der Waals surface area contributed by atoms with Crippen LogP contribution in [0.2, 0.25) is 0 Å². The molecule has 1 unspecified atom stereocenters. The second-order valence-corrected chi connectivity index (χ2v) is 6.40. The molecule has 1 aromatic carbocycles. The Morgan fingerprint density at radius 1 is 1.52 bits per heavy atom. The zero-order chi connectivity index (χ0) is 15.4. The molecular weight excluding hydrogens is 332 g/mol. The van der Waals surface area contributed by atoms with Crippen molar-refractivity contribution in [3.8, 4) is 5.75 Å². The minimum atomic E-state index is 0.0440. The maximum absolute atomic E-state index is 12.0. The number of ether oxygens (including phenoxy) is 1. The van der Waals surface area contributed by atoms with Crippen LogP contribution in [-0.4, -0.2) is 37.0 Å². The SMILES string of the molecule is CCNC(C)c1cc(Br)ccc1OCC(=O)N(C)C1CC1. The Morgan fingerprint density at radius 2 is 2.24 bits per heavy atom. The van der Waals surface area contributed by atoms with Crippen LogP contribution in [0.5, 0.6) is 5.75 Å². The smallest absolute Gasteiger partial charge is 0.260 e. The number of likely N-dealkylation sites (N-methyl/N-ethyl adjacent to an activating group) is 1. The van der Waals surface area contributed by atoms with Crippen LogP contribution >= 0.6 is 15.9 Å². The first kappa shape index (κ1) is 16.3. The van der Waals surface area contributed by atoms with Gasteiger partial charge in [0.25, 0.3) is 5.91 Å². The third-order valence-electron chi connectivity index (χ3n) is 3.79.